The summed E-state index contributed by atoms with van der Waals surface area (Å²) in [6, 6.07) is 10.1. The van der Waals surface area contributed by atoms with Gasteiger partial charge in [-0.15, -0.1) is 0 Å². The van der Waals surface area contributed by atoms with Crippen molar-refractivity contribution in [2.75, 3.05) is 27.9 Å². The van der Waals surface area contributed by atoms with Crippen LogP contribution in [0.2, 0.25) is 0 Å². The monoisotopic (exact) mass is 384 g/mol. The van der Waals surface area contributed by atoms with Crippen molar-refractivity contribution >= 4 is 16.9 Å². The van der Waals surface area contributed by atoms with Crippen molar-refractivity contribution in [2.45, 2.75) is 6.92 Å². The normalized spacial score (nSPS) is 10.7. The standard InChI is InChI=1S/C21H20O7/c1-12-15-7-6-14(27-19(22)11-24-2)10-17(15)28-21(23)20(12)13-5-8-16(25-3)18(9-13)26-4/h5-10H,11H2,1-4H3. The maximum Gasteiger partial charge on any atom is 0.344 e. The van der Waals surface area contributed by atoms with E-state index in [1.54, 1.807) is 37.4 Å². The number of ether oxygens (including phenoxy) is 4. The largest absolute Gasteiger partial charge is 0.493 e. The van der Waals surface area contributed by atoms with Gasteiger partial charge in [-0.25, -0.2) is 9.59 Å². The summed E-state index contributed by atoms with van der Waals surface area (Å²) in [5, 5.41) is 0.732. The number of carbonyl (C=O) groups excluding carboxylic acids is 1. The summed E-state index contributed by atoms with van der Waals surface area (Å²) in [6.07, 6.45) is 0. The number of benzene rings is 2. The fraction of sp³-hybridized carbons (Fsp3) is 0.238. The van der Waals surface area contributed by atoms with E-state index in [-0.39, 0.29) is 12.4 Å². The molecule has 7 heteroatoms. The molecule has 3 rings (SSSR count). The third-order valence-electron chi connectivity index (χ3n) is 4.30. The van der Waals surface area contributed by atoms with Crippen LogP contribution in [0.5, 0.6) is 17.2 Å². The quantitative estimate of drug-likeness (QED) is 0.366. The second-order valence-corrected chi connectivity index (χ2v) is 6.02. The van der Waals surface area contributed by atoms with E-state index in [1.807, 2.05) is 6.92 Å². The van der Waals surface area contributed by atoms with Gasteiger partial charge in [0.1, 0.15) is 17.9 Å². The third-order valence-corrected chi connectivity index (χ3v) is 4.30. The fourth-order valence-electron chi connectivity index (χ4n) is 3.00. The van der Waals surface area contributed by atoms with Gasteiger partial charge in [-0.2, -0.15) is 0 Å². The number of hydrogen-bond donors (Lipinski definition) is 0. The van der Waals surface area contributed by atoms with Crippen molar-refractivity contribution in [3.05, 3.63) is 52.4 Å². The zero-order chi connectivity index (χ0) is 20.3. The second-order valence-electron chi connectivity index (χ2n) is 6.02. The summed E-state index contributed by atoms with van der Waals surface area (Å²) in [7, 11) is 4.48. The van der Waals surface area contributed by atoms with Gasteiger partial charge in [0.05, 0.1) is 19.8 Å². The Morgan fingerprint density at radius 2 is 1.75 bits per heavy atom. The molecule has 1 aromatic heterocycles. The first-order chi connectivity index (χ1) is 13.5. The molecule has 0 aliphatic heterocycles. The summed E-state index contributed by atoms with van der Waals surface area (Å²) in [6.45, 7) is 1.67. The van der Waals surface area contributed by atoms with Crippen LogP contribution in [-0.4, -0.2) is 33.9 Å². The van der Waals surface area contributed by atoms with Crippen LogP contribution in [0.4, 0.5) is 0 Å². The van der Waals surface area contributed by atoms with E-state index < -0.39 is 11.6 Å². The highest BCUT2D eigenvalue weighted by Crippen LogP contribution is 2.34. The van der Waals surface area contributed by atoms with E-state index in [1.165, 1.54) is 20.3 Å². The lowest BCUT2D eigenvalue weighted by molar-refractivity contribution is -0.138. The molecule has 1 heterocycles. The van der Waals surface area contributed by atoms with E-state index in [0.29, 0.717) is 28.2 Å². The van der Waals surface area contributed by atoms with Gasteiger partial charge < -0.3 is 23.4 Å². The molecule has 0 amide bonds. The molecule has 7 nitrogen and oxygen atoms in total. The van der Waals surface area contributed by atoms with Crippen LogP contribution in [0.3, 0.4) is 0 Å². The summed E-state index contributed by atoms with van der Waals surface area (Å²) in [5.41, 5.74) is 1.65. The minimum absolute atomic E-state index is 0.167. The predicted octanol–water partition coefficient (Wildman–Crippen LogP) is 3.34. The molecule has 2 aromatic carbocycles. The topological polar surface area (TPSA) is 84.2 Å². The number of esters is 1. The van der Waals surface area contributed by atoms with Crippen LogP contribution in [0.15, 0.2) is 45.6 Å². The molecule has 0 radical (unpaired) electrons. The summed E-state index contributed by atoms with van der Waals surface area (Å²) in [5.74, 6) is 0.815. The molecule has 0 fully saturated rings. The van der Waals surface area contributed by atoms with Gasteiger partial charge >= 0.3 is 11.6 Å². The maximum absolute atomic E-state index is 12.7. The average Bonchev–Trinajstić information content (AvgIpc) is 2.67. The number of fused-ring (bicyclic) bond motifs is 1. The number of hydrogen-bond acceptors (Lipinski definition) is 7. The second kappa shape index (κ2) is 8.14. The molecule has 0 unspecified atom stereocenters. The highest BCUT2D eigenvalue weighted by molar-refractivity contribution is 5.88. The predicted molar refractivity (Wildman–Crippen MR) is 103 cm³/mol. The van der Waals surface area contributed by atoms with Crippen LogP contribution >= 0.6 is 0 Å². The fourth-order valence-corrected chi connectivity index (χ4v) is 3.00. The lowest BCUT2D eigenvalue weighted by Crippen LogP contribution is -2.14. The van der Waals surface area contributed by atoms with Gasteiger partial charge in [0.25, 0.3) is 0 Å². The summed E-state index contributed by atoms with van der Waals surface area (Å²) >= 11 is 0. The molecule has 3 aromatic rings. The highest BCUT2D eigenvalue weighted by Gasteiger charge is 2.16. The van der Waals surface area contributed by atoms with Gasteiger partial charge in [0.2, 0.25) is 0 Å². The minimum Gasteiger partial charge on any atom is -0.493 e. The Balaban J connectivity index is 2.08. The molecule has 0 saturated heterocycles. The first kappa shape index (κ1) is 19.4. The van der Waals surface area contributed by atoms with Crippen molar-refractivity contribution in [1.29, 1.82) is 0 Å². The van der Waals surface area contributed by atoms with Crippen molar-refractivity contribution in [1.82, 2.24) is 0 Å². The number of carbonyl (C=O) groups is 1. The SMILES string of the molecule is COCC(=O)Oc1ccc2c(C)c(-c3ccc(OC)c(OC)c3)c(=O)oc2c1. The van der Waals surface area contributed by atoms with Crippen molar-refractivity contribution < 1.29 is 28.2 Å². The van der Waals surface area contributed by atoms with Gasteiger partial charge in [0, 0.05) is 18.6 Å². The van der Waals surface area contributed by atoms with Crippen molar-refractivity contribution in [3.63, 3.8) is 0 Å². The molecular weight excluding hydrogens is 364 g/mol. The zero-order valence-electron chi connectivity index (χ0n) is 16.0. The number of methoxy groups -OCH3 is 3. The maximum atomic E-state index is 12.7. The van der Waals surface area contributed by atoms with Gasteiger partial charge in [0.15, 0.2) is 11.5 Å². The van der Waals surface area contributed by atoms with E-state index in [0.717, 1.165) is 10.9 Å². The molecule has 0 aliphatic rings. The molecule has 146 valence electrons. The smallest absolute Gasteiger partial charge is 0.344 e. The highest BCUT2D eigenvalue weighted by atomic mass is 16.6. The van der Waals surface area contributed by atoms with E-state index in [2.05, 4.69) is 0 Å². The molecule has 28 heavy (non-hydrogen) atoms. The Morgan fingerprint density at radius 3 is 2.43 bits per heavy atom. The lowest BCUT2D eigenvalue weighted by Gasteiger charge is -2.12. The van der Waals surface area contributed by atoms with Crippen LogP contribution in [0.1, 0.15) is 5.56 Å². The zero-order valence-corrected chi connectivity index (χ0v) is 16.0. The molecule has 0 N–H and O–H groups in total. The Kier molecular flexibility index (Phi) is 5.65. The van der Waals surface area contributed by atoms with Crippen molar-refractivity contribution in [3.8, 4) is 28.4 Å². The molecule has 0 aliphatic carbocycles. The Morgan fingerprint density at radius 1 is 1.00 bits per heavy atom. The van der Waals surface area contributed by atoms with Gasteiger partial charge in [-0.1, -0.05) is 6.07 Å². The molecule has 0 atom stereocenters. The van der Waals surface area contributed by atoms with E-state index in [4.69, 9.17) is 23.4 Å². The summed E-state index contributed by atoms with van der Waals surface area (Å²) < 4.78 is 25.9. The number of rotatable bonds is 6. The van der Waals surface area contributed by atoms with Crippen molar-refractivity contribution in [2.24, 2.45) is 0 Å². The lowest BCUT2D eigenvalue weighted by atomic mass is 9.99. The van der Waals surface area contributed by atoms with E-state index >= 15 is 0 Å². The Labute approximate surface area is 161 Å². The van der Waals surface area contributed by atoms with Crippen LogP contribution in [0, 0.1) is 6.92 Å². The van der Waals surface area contributed by atoms with Crippen LogP contribution in [-0.2, 0) is 9.53 Å². The molecule has 0 bridgehead atoms. The summed E-state index contributed by atoms with van der Waals surface area (Å²) in [4.78, 5) is 24.3. The Hall–Kier alpha value is -3.32. The van der Waals surface area contributed by atoms with E-state index in [9.17, 15) is 9.59 Å². The minimum atomic E-state index is -0.539. The molecular formula is C21H20O7. The Bertz CT molecular complexity index is 1080. The van der Waals surface area contributed by atoms with Crippen LogP contribution in [0.25, 0.3) is 22.1 Å². The first-order valence-electron chi connectivity index (χ1n) is 8.48. The van der Waals surface area contributed by atoms with Gasteiger partial charge in [-0.05, 0) is 42.3 Å². The number of aryl methyl sites for hydroxylation is 1. The molecule has 0 saturated carbocycles. The third kappa shape index (κ3) is 3.70. The van der Waals surface area contributed by atoms with Crippen LogP contribution < -0.4 is 19.8 Å². The van der Waals surface area contributed by atoms with Gasteiger partial charge in [-0.3, -0.25) is 0 Å². The average molecular weight is 384 g/mol. The first-order valence-corrected chi connectivity index (χ1v) is 8.48. The molecule has 0 spiro atoms.